The van der Waals surface area contributed by atoms with Gasteiger partial charge in [0.1, 0.15) is 12.4 Å². The molecule has 1 atom stereocenters. The van der Waals surface area contributed by atoms with E-state index >= 15 is 0 Å². The van der Waals surface area contributed by atoms with Crippen LogP contribution < -0.4 is 29.1 Å². The number of aromatic nitrogens is 1. The molecule has 0 aliphatic carbocycles. The zero-order valence-corrected chi connectivity index (χ0v) is 27.5. The Morgan fingerprint density at radius 2 is 1.82 bits per heavy atom. The fourth-order valence-corrected chi connectivity index (χ4v) is 6.56. The highest BCUT2D eigenvalue weighted by molar-refractivity contribution is 9.10. The number of thiazole rings is 1. The Balaban J connectivity index is 1.62. The number of allylic oxidation sites excluding steroid dienone is 1. The maximum Gasteiger partial charge on any atom is 0.338 e. The highest BCUT2D eigenvalue weighted by atomic mass is 79.9. The summed E-state index contributed by atoms with van der Waals surface area (Å²) in [5.41, 5.74) is 3.20. The minimum atomic E-state index is -0.843. The Hall–Kier alpha value is -4.66. The van der Waals surface area contributed by atoms with Gasteiger partial charge in [-0.15, -0.1) is 0 Å². The molecule has 1 aliphatic rings. The summed E-state index contributed by atoms with van der Waals surface area (Å²) < 4.78 is 25.5. The van der Waals surface area contributed by atoms with Crippen molar-refractivity contribution in [2.75, 3.05) is 20.3 Å². The molecule has 0 spiro atoms. The Bertz CT molecular complexity index is 2010. The van der Waals surface area contributed by atoms with Crippen LogP contribution in [0.25, 0.3) is 6.08 Å². The number of halogens is 1. The fraction of sp³-hybridized carbons (Fsp3) is 0.235. The first-order chi connectivity index (χ1) is 21.8. The van der Waals surface area contributed by atoms with E-state index in [1.165, 1.54) is 23.0 Å². The smallest absolute Gasteiger partial charge is 0.338 e. The van der Waals surface area contributed by atoms with Gasteiger partial charge in [0.25, 0.3) is 5.56 Å². The normalized spacial score (nSPS) is 14.3. The Morgan fingerprint density at radius 1 is 1.07 bits per heavy atom. The number of rotatable bonds is 10. The van der Waals surface area contributed by atoms with Crippen molar-refractivity contribution >= 4 is 39.3 Å². The maximum absolute atomic E-state index is 14.2. The average Bonchev–Trinajstić information content (AvgIpc) is 3.34. The summed E-state index contributed by atoms with van der Waals surface area (Å²) in [7, 11) is 1.54. The molecule has 9 nitrogen and oxygen atoms in total. The second kappa shape index (κ2) is 14.0. The van der Waals surface area contributed by atoms with Gasteiger partial charge in [0, 0.05) is 10.0 Å². The molecule has 0 unspecified atom stereocenters. The molecule has 4 aromatic rings. The topological polar surface area (TPSA) is 112 Å². The zero-order valence-electron chi connectivity index (χ0n) is 25.1. The number of esters is 1. The molecule has 0 fully saturated rings. The first-order valence-corrected chi connectivity index (χ1v) is 15.8. The van der Waals surface area contributed by atoms with Gasteiger partial charge in [0.05, 0.1) is 53.8 Å². The van der Waals surface area contributed by atoms with E-state index in [4.69, 9.17) is 24.2 Å². The average molecular weight is 689 g/mol. The number of nitrogens with zero attached hydrogens (tertiary/aromatic N) is 3. The Morgan fingerprint density at radius 3 is 2.51 bits per heavy atom. The molecule has 1 aromatic heterocycles. The first-order valence-electron chi connectivity index (χ1n) is 14.2. The molecule has 2 heterocycles. The van der Waals surface area contributed by atoms with Gasteiger partial charge in [-0.05, 0) is 68.3 Å². The van der Waals surface area contributed by atoms with Crippen LogP contribution in [0.5, 0.6) is 17.2 Å². The van der Waals surface area contributed by atoms with Crippen LogP contribution in [-0.2, 0) is 16.1 Å². The van der Waals surface area contributed by atoms with Crippen LogP contribution in [0, 0.1) is 11.3 Å². The second-order valence-electron chi connectivity index (χ2n) is 9.90. The van der Waals surface area contributed by atoms with Gasteiger partial charge in [0.15, 0.2) is 16.3 Å². The lowest BCUT2D eigenvalue weighted by molar-refractivity contribution is -0.139. The predicted octanol–water partition coefficient (Wildman–Crippen LogP) is 5.42. The highest BCUT2D eigenvalue weighted by Crippen LogP contribution is 2.41. The number of para-hydroxylation sites is 1. The molecule has 11 heteroatoms. The number of carbonyl (C=O) groups is 1. The van der Waals surface area contributed by atoms with Gasteiger partial charge in [0.2, 0.25) is 0 Å². The van der Waals surface area contributed by atoms with Crippen molar-refractivity contribution in [2.45, 2.75) is 33.4 Å². The predicted molar refractivity (Wildman–Crippen MR) is 174 cm³/mol. The largest absolute Gasteiger partial charge is 0.493 e. The summed E-state index contributed by atoms with van der Waals surface area (Å²) in [6.45, 7) is 6.23. The van der Waals surface area contributed by atoms with Gasteiger partial charge in [-0.3, -0.25) is 9.36 Å². The number of fused-ring (bicyclic) bond motifs is 1. The summed E-state index contributed by atoms with van der Waals surface area (Å²) in [5, 5.41) is 9.07. The number of ether oxygens (including phenoxy) is 4. The summed E-state index contributed by atoms with van der Waals surface area (Å²) >= 11 is 4.87. The lowest BCUT2D eigenvalue weighted by atomic mass is 9.95. The second-order valence-corrected chi connectivity index (χ2v) is 11.8. The maximum atomic E-state index is 14.2. The molecule has 0 saturated carbocycles. The lowest BCUT2D eigenvalue weighted by Gasteiger charge is -2.26. The number of nitriles is 1. The van der Waals surface area contributed by atoms with Crippen LogP contribution >= 0.6 is 27.3 Å². The van der Waals surface area contributed by atoms with Crippen LogP contribution in [0.3, 0.4) is 0 Å². The molecule has 1 aliphatic heterocycles. The monoisotopic (exact) mass is 687 g/mol. The summed E-state index contributed by atoms with van der Waals surface area (Å²) in [6.07, 6.45) is 1.77. The van der Waals surface area contributed by atoms with E-state index in [0.717, 1.165) is 5.56 Å². The van der Waals surface area contributed by atoms with Crippen molar-refractivity contribution in [3.05, 3.63) is 118 Å². The third kappa shape index (κ3) is 6.57. The third-order valence-corrected chi connectivity index (χ3v) is 8.75. The van der Waals surface area contributed by atoms with Crippen molar-refractivity contribution in [1.82, 2.24) is 4.57 Å². The quantitative estimate of drug-likeness (QED) is 0.205. The van der Waals surface area contributed by atoms with Crippen LogP contribution in [0.4, 0.5) is 0 Å². The molecule has 0 amide bonds. The van der Waals surface area contributed by atoms with E-state index in [1.54, 1.807) is 44.2 Å². The molecule has 0 bridgehead atoms. The number of methoxy groups -OCH3 is 1. The molecule has 0 saturated heterocycles. The molecular weight excluding hydrogens is 658 g/mol. The zero-order chi connectivity index (χ0) is 32.1. The van der Waals surface area contributed by atoms with Crippen molar-refractivity contribution in [3.63, 3.8) is 0 Å². The van der Waals surface area contributed by atoms with Crippen molar-refractivity contribution in [1.29, 1.82) is 5.26 Å². The summed E-state index contributed by atoms with van der Waals surface area (Å²) in [4.78, 5) is 32.7. The number of carbonyl (C=O) groups excluding carboxylic acids is 1. The van der Waals surface area contributed by atoms with E-state index in [0.29, 0.717) is 60.0 Å². The molecule has 230 valence electrons. The minimum Gasteiger partial charge on any atom is -0.493 e. The third-order valence-electron chi connectivity index (χ3n) is 7.08. The number of hydrogen-bond acceptors (Lipinski definition) is 9. The lowest BCUT2D eigenvalue weighted by Crippen LogP contribution is -2.40. The van der Waals surface area contributed by atoms with E-state index < -0.39 is 12.0 Å². The van der Waals surface area contributed by atoms with Gasteiger partial charge in [-0.2, -0.15) is 5.26 Å². The van der Waals surface area contributed by atoms with Gasteiger partial charge in [-0.25, -0.2) is 9.79 Å². The minimum absolute atomic E-state index is 0.166. The van der Waals surface area contributed by atoms with Crippen LogP contribution in [-0.4, -0.2) is 30.9 Å². The fourth-order valence-electron chi connectivity index (χ4n) is 4.98. The highest BCUT2D eigenvalue weighted by Gasteiger charge is 2.35. The van der Waals surface area contributed by atoms with E-state index in [1.807, 2.05) is 43.3 Å². The summed E-state index contributed by atoms with van der Waals surface area (Å²) in [5.74, 6) is 1.02. The van der Waals surface area contributed by atoms with Crippen LogP contribution in [0.2, 0.25) is 0 Å². The Kier molecular flexibility index (Phi) is 9.86. The summed E-state index contributed by atoms with van der Waals surface area (Å²) in [6, 6.07) is 19.4. The van der Waals surface area contributed by atoms with Gasteiger partial charge < -0.3 is 18.9 Å². The van der Waals surface area contributed by atoms with Crippen molar-refractivity contribution < 1.29 is 23.7 Å². The van der Waals surface area contributed by atoms with Crippen molar-refractivity contribution in [2.24, 2.45) is 4.99 Å². The van der Waals surface area contributed by atoms with E-state index in [2.05, 4.69) is 27.0 Å². The van der Waals surface area contributed by atoms with Crippen LogP contribution in [0.1, 0.15) is 49.1 Å². The molecule has 5 rings (SSSR count). The SMILES string of the molecule is CCOC(=O)C1=C(C)N=c2s/c(=C/c3ccccc3OCc3ccc(C#N)cc3)c(=O)n2[C@@H]1c1cc(OC)c(OCC)cc1Br. The Labute approximate surface area is 272 Å². The van der Waals surface area contributed by atoms with Crippen molar-refractivity contribution in [3.8, 4) is 23.3 Å². The van der Waals surface area contributed by atoms with Crippen LogP contribution in [0.15, 0.2) is 86.2 Å². The van der Waals surface area contributed by atoms with E-state index in [-0.39, 0.29) is 24.3 Å². The van der Waals surface area contributed by atoms with Gasteiger partial charge in [-0.1, -0.05) is 57.6 Å². The molecular formula is C34H30BrN3O6S. The molecule has 3 aromatic carbocycles. The number of benzene rings is 3. The molecule has 0 radical (unpaired) electrons. The van der Waals surface area contributed by atoms with E-state index in [9.17, 15) is 9.59 Å². The molecule has 45 heavy (non-hydrogen) atoms. The number of hydrogen-bond donors (Lipinski definition) is 0. The van der Waals surface area contributed by atoms with Gasteiger partial charge >= 0.3 is 5.97 Å². The standard InChI is InChI=1S/C34H30BrN3O6S/c1-5-42-28-17-25(35)24(16-27(28)41-4)31-30(33(40)43-6-2)20(3)37-34-38(31)32(39)29(45-34)15-23-9-7-8-10-26(23)44-19-22-13-11-21(18-36)12-14-22/h7-17,31H,5-6,19H2,1-4H3/b29-15+/t31-/m1/s1. The molecule has 0 N–H and O–H groups in total. The first kappa shape index (κ1) is 31.8.